The molecular formula is C17H15N3O2. The molecule has 0 saturated heterocycles. The minimum absolute atomic E-state index is 0.0155. The molecule has 110 valence electrons. The van der Waals surface area contributed by atoms with Crippen LogP contribution in [-0.4, -0.2) is 20.9 Å². The topological polar surface area (TPSA) is 81.1 Å². The van der Waals surface area contributed by atoms with Crippen LogP contribution in [0.3, 0.4) is 0 Å². The maximum Gasteiger partial charge on any atom is 0.356 e. The lowest BCUT2D eigenvalue weighted by Crippen LogP contribution is -2.03. The van der Waals surface area contributed by atoms with Gasteiger partial charge in [0.15, 0.2) is 5.69 Å². The molecule has 0 unspecified atom stereocenters. The number of hydrogen-bond donors (Lipinski definition) is 2. The molecule has 5 heteroatoms. The van der Waals surface area contributed by atoms with Crippen molar-refractivity contribution in [3.8, 4) is 16.9 Å². The fourth-order valence-corrected chi connectivity index (χ4v) is 2.27. The third-order valence-electron chi connectivity index (χ3n) is 3.41. The van der Waals surface area contributed by atoms with Crippen molar-refractivity contribution in [3.63, 3.8) is 0 Å². The third kappa shape index (κ3) is 2.62. The van der Waals surface area contributed by atoms with E-state index in [9.17, 15) is 9.90 Å². The van der Waals surface area contributed by atoms with E-state index in [0.717, 1.165) is 22.5 Å². The molecule has 0 bridgehead atoms. The Morgan fingerprint density at radius 3 is 2.36 bits per heavy atom. The Morgan fingerprint density at radius 2 is 1.77 bits per heavy atom. The van der Waals surface area contributed by atoms with Crippen LogP contribution in [0.15, 0.2) is 60.7 Å². The number of nitrogens with zero attached hydrogens (tertiary/aromatic N) is 2. The Balaban J connectivity index is 2.14. The van der Waals surface area contributed by atoms with Crippen molar-refractivity contribution < 1.29 is 9.90 Å². The number of aromatic nitrogens is 2. The highest BCUT2D eigenvalue weighted by Crippen LogP contribution is 2.24. The maximum atomic E-state index is 11.2. The average Bonchev–Trinajstić information content (AvgIpc) is 3.01. The Morgan fingerprint density at radius 1 is 1.09 bits per heavy atom. The fourth-order valence-electron chi connectivity index (χ4n) is 2.27. The van der Waals surface area contributed by atoms with Gasteiger partial charge in [-0.25, -0.2) is 9.48 Å². The van der Waals surface area contributed by atoms with Crippen LogP contribution in [0.5, 0.6) is 0 Å². The van der Waals surface area contributed by atoms with Gasteiger partial charge in [0.05, 0.1) is 11.4 Å². The van der Waals surface area contributed by atoms with Gasteiger partial charge >= 0.3 is 5.97 Å². The smallest absolute Gasteiger partial charge is 0.356 e. The van der Waals surface area contributed by atoms with E-state index in [1.54, 1.807) is 10.7 Å². The van der Waals surface area contributed by atoms with Gasteiger partial charge in [-0.15, -0.1) is 0 Å². The van der Waals surface area contributed by atoms with Gasteiger partial charge in [0.25, 0.3) is 0 Å². The van der Waals surface area contributed by atoms with Crippen LogP contribution in [-0.2, 0) is 6.54 Å². The molecule has 3 aromatic rings. The van der Waals surface area contributed by atoms with Crippen molar-refractivity contribution >= 4 is 5.97 Å². The normalized spacial score (nSPS) is 10.6. The minimum Gasteiger partial charge on any atom is -0.476 e. The van der Waals surface area contributed by atoms with Gasteiger partial charge in [0, 0.05) is 12.1 Å². The van der Waals surface area contributed by atoms with E-state index in [-0.39, 0.29) is 5.69 Å². The first-order chi connectivity index (χ1) is 10.7. The van der Waals surface area contributed by atoms with Gasteiger partial charge in [-0.05, 0) is 23.8 Å². The summed E-state index contributed by atoms with van der Waals surface area (Å²) >= 11 is 0. The summed E-state index contributed by atoms with van der Waals surface area (Å²) in [6, 6.07) is 18.7. The number of carbonyl (C=O) groups is 1. The third-order valence-corrected chi connectivity index (χ3v) is 3.41. The van der Waals surface area contributed by atoms with E-state index < -0.39 is 5.97 Å². The van der Waals surface area contributed by atoms with Gasteiger partial charge in [-0.3, -0.25) is 0 Å². The summed E-state index contributed by atoms with van der Waals surface area (Å²) in [5.41, 5.74) is 9.07. The lowest BCUT2D eigenvalue weighted by atomic mass is 10.1. The van der Waals surface area contributed by atoms with Gasteiger partial charge < -0.3 is 10.8 Å². The van der Waals surface area contributed by atoms with E-state index in [4.69, 9.17) is 5.73 Å². The number of aromatic carboxylic acids is 1. The van der Waals surface area contributed by atoms with Gasteiger partial charge in [0.1, 0.15) is 0 Å². The largest absolute Gasteiger partial charge is 0.476 e. The van der Waals surface area contributed by atoms with Crippen LogP contribution in [0.1, 0.15) is 16.1 Å². The molecule has 0 radical (unpaired) electrons. The predicted molar refractivity (Wildman–Crippen MR) is 83.9 cm³/mol. The van der Waals surface area contributed by atoms with Gasteiger partial charge in [0.2, 0.25) is 0 Å². The van der Waals surface area contributed by atoms with Crippen LogP contribution in [0.4, 0.5) is 0 Å². The molecule has 0 fully saturated rings. The number of carboxylic acid groups (broad SMARTS) is 1. The molecule has 1 aromatic heterocycles. The van der Waals surface area contributed by atoms with Crippen molar-refractivity contribution in [3.05, 3.63) is 71.9 Å². The first-order valence-corrected chi connectivity index (χ1v) is 6.87. The molecule has 0 saturated carbocycles. The highest BCUT2D eigenvalue weighted by atomic mass is 16.4. The van der Waals surface area contributed by atoms with Crippen molar-refractivity contribution in [1.29, 1.82) is 0 Å². The summed E-state index contributed by atoms with van der Waals surface area (Å²) in [6.45, 7) is 0.464. The zero-order valence-electron chi connectivity index (χ0n) is 11.8. The second kappa shape index (κ2) is 5.83. The molecule has 5 nitrogen and oxygen atoms in total. The summed E-state index contributed by atoms with van der Waals surface area (Å²) in [7, 11) is 0. The fraction of sp³-hybridized carbons (Fsp3) is 0.0588. The molecular weight excluding hydrogens is 278 g/mol. The Bertz CT molecular complexity index is 793. The number of hydrogen-bond acceptors (Lipinski definition) is 3. The number of rotatable bonds is 4. The second-order valence-electron chi connectivity index (χ2n) is 4.87. The molecule has 1 heterocycles. The lowest BCUT2D eigenvalue weighted by Gasteiger charge is -2.08. The lowest BCUT2D eigenvalue weighted by molar-refractivity contribution is 0.0690. The van der Waals surface area contributed by atoms with Crippen LogP contribution >= 0.6 is 0 Å². The van der Waals surface area contributed by atoms with Crippen LogP contribution < -0.4 is 5.73 Å². The van der Waals surface area contributed by atoms with E-state index in [2.05, 4.69) is 5.10 Å². The van der Waals surface area contributed by atoms with Gasteiger partial charge in [-0.2, -0.15) is 5.10 Å². The number of nitrogens with two attached hydrogens (primary N) is 1. The maximum absolute atomic E-state index is 11.2. The van der Waals surface area contributed by atoms with E-state index in [0.29, 0.717) is 6.54 Å². The van der Waals surface area contributed by atoms with Gasteiger partial charge in [-0.1, -0.05) is 42.5 Å². The molecule has 22 heavy (non-hydrogen) atoms. The molecule has 0 amide bonds. The van der Waals surface area contributed by atoms with Crippen molar-refractivity contribution in [2.24, 2.45) is 5.73 Å². The molecule has 2 aromatic carbocycles. The first kappa shape index (κ1) is 14.0. The molecule has 0 aliphatic carbocycles. The van der Waals surface area contributed by atoms with Crippen LogP contribution in [0.2, 0.25) is 0 Å². The summed E-state index contributed by atoms with van der Waals surface area (Å²) in [5.74, 6) is -1.05. The molecule has 0 spiro atoms. The molecule has 3 N–H and O–H groups in total. The highest BCUT2D eigenvalue weighted by molar-refractivity contribution is 5.87. The molecule has 0 aliphatic heterocycles. The van der Waals surface area contributed by atoms with Crippen molar-refractivity contribution in [1.82, 2.24) is 9.78 Å². The standard InChI is InChI=1S/C17H15N3O2/c18-11-12-6-8-14(9-7-12)20-16(10-15(19-20)17(21)22)13-4-2-1-3-5-13/h1-10H,11,18H2,(H,21,22). The number of benzene rings is 2. The highest BCUT2D eigenvalue weighted by Gasteiger charge is 2.15. The molecule has 3 rings (SSSR count). The van der Waals surface area contributed by atoms with E-state index in [1.165, 1.54) is 0 Å². The monoisotopic (exact) mass is 293 g/mol. The SMILES string of the molecule is NCc1ccc(-n2nc(C(=O)O)cc2-c2ccccc2)cc1. The predicted octanol–water partition coefficient (Wildman–Crippen LogP) is 2.70. The zero-order valence-corrected chi connectivity index (χ0v) is 11.8. The Hall–Kier alpha value is -2.92. The van der Waals surface area contributed by atoms with E-state index >= 15 is 0 Å². The minimum atomic E-state index is -1.05. The zero-order chi connectivity index (χ0) is 15.5. The van der Waals surface area contributed by atoms with Crippen LogP contribution in [0.25, 0.3) is 16.9 Å². The summed E-state index contributed by atoms with van der Waals surface area (Å²) in [5, 5.41) is 13.4. The van der Waals surface area contributed by atoms with Crippen LogP contribution in [0, 0.1) is 0 Å². The summed E-state index contributed by atoms with van der Waals surface area (Å²) in [6.07, 6.45) is 0. The quantitative estimate of drug-likeness (QED) is 0.775. The van der Waals surface area contributed by atoms with E-state index in [1.807, 2.05) is 54.6 Å². The van der Waals surface area contributed by atoms with Crippen molar-refractivity contribution in [2.75, 3.05) is 0 Å². The molecule has 0 atom stereocenters. The summed E-state index contributed by atoms with van der Waals surface area (Å²) in [4.78, 5) is 11.2. The molecule has 0 aliphatic rings. The summed E-state index contributed by atoms with van der Waals surface area (Å²) < 4.78 is 1.64. The Kier molecular flexibility index (Phi) is 3.72. The first-order valence-electron chi connectivity index (χ1n) is 6.87. The average molecular weight is 293 g/mol. The number of carboxylic acids is 1. The Labute approximate surface area is 127 Å². The van der Waals surface area contributed by atoms with Crippen molar-refractivity contribution in [2.45, 2.75) is 6.54 Å². The second-order valence-corrected chi connectivity index (χ2v) is 4.87.